The molecule has 1 N–H and O–H groups in total. The molecule has 1 aliphatic heterocycles. The lowest BCUT2D eigenvalue weighted by Gasteiger charge is -2.32. The summed E-state index contributed by atoms with van der Waals surface area (Å²) in [5, 5.41) is 1.61. The van der Waals surface area contributed by atoms with Crippen molar-refractivity contribution in [2.75, 3.05) is 6.26 Å². The van der Waals surface area contributed by atoms with Crippen molar-refractivity contribution in [3.05, 3.63) is 99.3 Å². The van der Waals surface area contributed by atoms with E-state index in [0.29, 0.717) is 39.4 Å². The molecular weight excluding hydrogens is 545 g/mol. The molecule has 1 aliphatic carbocycles. The predicted octanol–water partition coefficient (Wildman–Crippen LogP) is 7.80. The number of fused-ring (bicyclic) bond motifs is 2. The Labute approximate surface area is 223 Å². The Hall–Kier alpha value is -1.97. The number of allylic oxidation sites excluding steroid dienone is 4. The van der Waals surface area contributed by atoms with E-state index in [1.54, 1.807) is 12.1 Å². The maximum Gasteiger partial charge on any atom is 0.245 e. The molecule has 3 unspecified atom stereocenters. The molecule has 0 bridgehead atoms. The van der Waals surface area contributed by atoms with Crippen molar-refractivity contribution in [2.24, 2.45) is 0 Å². The summed E-state index contributed by atoms with van der Waals surface area (Å²) in [6, 6.07) is 9.49. The van der Waals surface area contributed by atoms with Crippen LogP contribution >= 0.6 is 35.0 Å². The zero-order valence-corrected chi connectivity index (χ0v) is 22.6. The standard InChI is InChI=1S/C26H22Cl2F2N2O2S2/c1-25(17-4-6-20(27)21(28)11-17)15-26(9-7-18(29)8-10-26)32-23(25)13-31-24(32)35-14-16-3-5-19(30)12-22(16)36(2,33)34/h3-9,11-13H,10,14-15H2,1-2H3/p+1. The smallest absolute Gasteiger partial charge is 0.245 e. The Morgan fingerprint density at radius 1 is 1.19 bits per heavy atom. The van der Waals surface area contributed by atoms with Gasteiger partial charge in [0.15, 0.2) is 10.1 Å². The van der Waals surface area contributed by atoms with Crippen LogP contribution < -0.4 is 0 Å². The normalized spacial score (nSPS) is 24.6. The van der Waals surface area contributed by atoms with Gasteiger partial charge in [-0.1, -0.05) is 57.4 Å². The first kappa shape index (κ1) is 25.7. The van der Waals surface area contributed by atoms with Crippen LogP contribution in [0.3, 0.4) is 0 Å². The second-order valence-electron chi connectivity index (χ2n) is 9.47. The number of aromatic nitrogens is 2. The van der Waals surface area contributed by atoms with Crippen LogP contribution in [-0.2, 0) is 31.1 Å². The van der Waals surface area contributed by atoms with Crippen molar-refractivity contribution in [1.29, 1.82) is 0 Å². The maximum atomic E-state index is 14.0. The van der Waals surface area contributed by atoms with Crippen LogP contribution in [0.25, 0.3) is 0 Å². The van der Waals surface area contributed by atoms with Gasteiger partial charge in [-0.3, -0.25) is 0 Å². The van der Waals surface area contributed by atoms with E-state index in [9.17, 15) is 17.5 Å². The number of nitrogens with zero attached hydrogens (tertiary/aromatic N) is 2. The first-order chi connectivity index (χ1) is 16.9. The van der Waals surface area contributed by atoms with Crippen LogP contribution in [0.4, 0.5) is 8.78 Å². The average Bonchev–Trinajstić information content (AvgIpc) is 3.36. The first-order valence-electron chi connectivity index (χ1n) is 11.1. The number of hydrogen-bond acceptors (Lipinski definition) is 3. The maximum absolute atomic E-state index is 14.0. The highest BCUT2D eigenvalue weighted by molar-refractivity contribution is 7.98. The summed E-state index contributed by atoms with van der Waals surface area (Å²) < 4.78 is 52.5. The van der Waals surface area contributed by atoms with Crippen LogP contribution in [0.2, 0.25) is 10.0 Å². The molecule has 1 aromatic heterocycles. The fourth-order valence-corrected chi connectivity index (χ4v) is 7.63. The summed E-state index contributed by atoms with van der Waals surface area (Å²) in [4.78, 5) is 4.77. The van der Waals surface area contributed by atoms with Gasteiger partial charge in [-0.05, 0) is 55.7 Å². The summed E-state index contributed by atoms with van der Waals surface area (Å²) in [6.45, 7) is 2.11. The fraction of sp³-hybridized carbons (Fsp3) is 0.269. The largest absolute Gasteiger partial charge is 0.312 e. The van der Waals surface area contributed by atoms with E-state index in [1.165, 1.54) is 36.2 Å². The number of halogens is 4. The number of rotatable bonds is 5. The highest BCUT2D eigenvalue weighted by Crippen LogP contribution is 2.54. The fourth-order valence-electron chi connectivity index (χ4n) is 5.21. The molecule has 2 aromatic carbocycles. The summed E-state index contributed by atoms with van der Waals surface area (Å²) >= 11 is 13.9. The van der Waals surface area contributed by atoms with E-state index >= 15 is 0 Å². The zero-order valence-electron chi connectivity index (χ0n) is 19.5. The minimum atomic E-state index is -3.37. The lowest BCUT2D eigenvalue weighted by atomic mass is 9.73. The van der Waals surface area contributed by atoms with Crippen molar-refractivity contribution >= 4 is 45.2 Å². The molecule has 188 valence electrons. The van der Waals surface area contributed by atoms with Crippen LogP contribution in [0.5, 0.6) is 0 Å². The predicted molar refractivity (Wildman–Crippen MR) is 142 cm³/mol. The van der Waals surface area contributed by atoms with E-state index in [4.69, 9.17) is 28.2 Å². The lowest BCUT2D eigenvalue weighted by Crippen LogP contribution is -2.31. The third-order valence-electron chi connectivity index (χ3n) is 6.95. The Morgan fingerprint density at radius 3 is 2.64 bits per heavy atom. The highest BCUT2D eigenvalue weighted by Gasteiger charge is 2.51. The van der Waals surface area contributed by atoms with Crippen LogP contribution in [-0.4, -0.2) is 20.4 Å². The molecule has 10 heteroatoms. The Bertz CT molecular complexity index is 1480. The summed E-state index contributed by atoms with van der Waals surface area (Å²) in [5.74, 6) is -0.539. The van der Waals surface area contributed by atoms with E-state index in [1.807, 2.05) is 24.4 Å². The van der Waals surface area contributed by atoms with Gasteiger partial charge in [-0.25, -0.2) is 13.8 Å². The van der Waals surface area contributed by atoms with Gasteiger partial charge in [0.25, 0.3) is 0 Å². The molecule has 36 heavy (non-hydrogen) atoms. The van der Waals surface area contributed by atoms with Gasteiger partial charge in [0.1, 0.15) is 17.9 Å². The second-order valence-corrected chi connectivity index (χ2v) is 13.3. The number of benzene rings is 2. The molecule has 0 saturated heterocycles. The topological polar surface area (TPSA) is 55.1 Å². The number of imidazole rings is 1. The molecule has 4 nitrogen and oxygen atoms in total. The molecule has 0 amide bonds. The van der Waals surface area contributed by atoms with Crippen molar-refractivity contribution in [1.82, 2.24) is 9.55 Å². The molecule has 0 fully saturated rings. The Morgan fingerprint density at radius 2 is 1.97 bits per heavy atom. The van der Waals surface area contributed by atoms with Crippen molar-refractivity contribution in [3.8, 4) is 0 Å². The summed E-state index contributed by atoms with van der Waals surface area (Å²) in [7, 11) is -3.37. The minimum absolute atomic E-state index is 0.0705. The van der Waals surface area contributed by atoms with Gasteiger partial charge < -0.3 is 4.57 Å². The van der Waals surface area contributed by atoms with Crippen LogP contribution in [0.1, 0.15) is 36.6 Å². The van der Waals surface area contributed by atoms with Crippen molar-refractivity contribution in [2.45, 2.75) is 46.5 Å². The zero-order chi connectivity index (χ0) is 25.9. The van der Waals surface area contributed by atoms with Crippen LogP contribution in [0.15, 0.2) is 76.7 Å². The van der Waals surface area contributed by atoms with Gasteiger partial charge >= 0.3 is 0 Å². The summed E-state index contributed by atoms with van der Waals surface area (Å²) in [5.41, 5.74) is 1.45. The second kappa shape index (κ2) is 9.10. The van der Waals surface area contributed by atoms with Crippen molar-refractivity contribution in [3.63, 3.8) is 0 Å². The minimum Gasteiger partial charge on any atom is -0.312 e. The number of thioether (sulfide) groups is 1. The molecule has 2 aliphatic rings. The Kier molecular flexibility index (Phi) is 6.49. The molecular formula is C26H23Cl2F2N2O2S2+. The van der Waals surface area contributed by atoms with E-state index in [-0.39, 0.29) is 10.7 Å². The molecule has 0 saturated carbocycles. The van der Waals surface area contributed by atoms with Gasteiger partial charge in [0.05, 0.1) is 21.8 Å². The molecule has 3 aromatic rings. The third-order valence-corrected chi connectivity index (χ3v) is 9.89. The first-order valence-corrected chi connectivity index (χ1v) is 14.8. The van der Waals surface area contributed by atoms with E-state index in [0.717, 1.165) is 17.3 Å². The number of hydrogen-bond donors (Lipinski definition) is 1. The van der Waals surface area contributed by atoms with E-state index in [2.05, 4.69) is 11.5 Å². The molecule has 5 rings (SSSR count). The molecule has 1 spiro atoms. The van der Waals surface area contributed by atoms with Crippen LogP contribution in [0, 0.1) is 5.82 Å². The van der Waals surface area contributed by atoms with E-state index < -0.39 is 27.0 Å². The third kappa shape index (κ3) is 4.37. The molecule has 0 radical (unpaired) electrons. The lowest BCUT2D eigenvalue weighted by molar-refractivity contribution is 0.332. The summed E-state index contributed by atoms with van der Waals surface area (Å²) in [6.07, 6.45) is 9.05. The average molecular weight is 569 g/mol. The molecule has 2 heterocycles. The quantitative estimate of drug-likeness (QED) is 0.252. The van der Waals surface area contributed by atoms with Gasteiger partial charge in [0, 0.05) is 28.5 Å². The van der Waals surface area contributed by atoms with Gasteiger partial charge in [-0.15, -0.1) is 0 Å². The Balaban J connectivity index is 1.58. The highest BCUT2D eigenvalue weighted by atomic mass is 35.5. The molecule has 3 atom stereocenters. The monoisotopic (exact) mass is 567 g/mol. The van der Waals surface area contributed by atoms with Gasteiger partial charge in [0.2, 0.25) is 10.2 Å². The van der Waals surface area contributed by atoms with Crippen molar-refractivity contribution < 1.29 is 17.5 Å². The van der Waals surface area contributed by atoms with Gasteiger partial charge in [-0.2, -0.15) is 4.55 Å². The SMILES string of the molecule is CC1(c2ccc(Cl)c(Cl)c2)CC2(C=CC(F)=CC2)n2c1cnc2SCc1ccc(F)cc1[S+](C)(=O)O.